The van der Waals surface area contributed by atoms with Gasteiger partial charge < -0.3 is 10.6 Å². The van der Waals surface area contributed by atoms with Crippen molar-refractivity contribution in [2.75, 3.05) is 17.7 Å². The first-order valence-electron chi connectivity index (χ1n) is 7.67. The first-order chi connectivity index (χ1) is 11.8. The summed E-state index contributed by atoms with van der Waals surface area (Å²) in [5, 5.41) is 9.65. The number of benzene rings is 1. The number of carbonyl (C=O) groups is 1. The summed E-state index contributed by atoms with van der Waals surface area (Å²) in [5.41, 5.74) is -0.792. The number of nitrogens with zero attached hydrogens (tertiary/aromatic N) is 2. The highest BCUT2D eigenvalue weighted by atomic mass is 35.5. The van der Waals surface area contributed by atoms with Crippen LogP contribution >= 0.6 is 11.6 Å². The van der Waals surface area contributed by atoms with Crippen molar-refractivity contribution in [2.24, 2.45) is 0 Å². The Labute approximate surface area is 147 Å². The average molecular weight is 373 g/mol. The van der Waals surface area contributed by atoms with E-state index in [4.69, 9.17) is 11.6 Å². The zero-order valence-electron chi connectivity index (χ0n) is 13.3. The molecule has 2 N–H and O–H groups in total. The molecule has 1 aliphatic rings. The Morgan fingerprint density at radius 2 is 2.08 bits per heavy atom. The maximum Gasteiger partial charge on any atom is 0.416 e. The minimum Gasteiger partial charge on any atom is -0.386 e. The molecule has 1 saturated carbocycles. The van der Waals surface area contributed by atoms with Gasteiger partial charge in [0.1, 0.15) is 5.54 Å². The SMILES string of the molecule is CNc1cnn(C2(C(=O)Nc3ccc(C(F)(F)F)cc3Cl)CCC2)c1. The van der Waals surface area contributed by atoms with E-state index in [1.54, 1.807) is 24.1 Å². The average Bonchev–Trinajstić information content (AvgIpc) is 2.96. The number of amides is 1. The van der Waals surface area contributed by atoms with Gasteiger partial charge >= 0.3 is 6.18 Å². The molecule has 1 aliphatic carbocycles. The summed E-state index contributed by atoms with van der Waals surface area (Å²) in [5.74, 6) is -0.342. The lowest BCUT2D eigenvalue weighted by Crippen LogP contribution is -2.51. The van der Waals surface area contributed by atoms with Gasteiger partial charge in [0.2, 0.25) is 0 Å². The molecule has 1 aromatic carbocycles. The minimum absolute atomic E-state index is 0.145. The maximum atomic E-state index is 12.8. The van der Waals surface area contributed by atoms with Crippen LogP contribution in [0.25, 0.3) is 0 Å². The van der Waals surface area contributed by atoms with Crippen molar-refractivity contribution >= 4 is 28.9 Å². The topological polar surface area (TPSA) is 59.0 Å². The van der Waals surface area contributed by atoms with E-state index in [0.717, 1.165) is 30.3 Å². The molecule has 134 valence electrons. The van der Waals surface area contributed by atoms with E-state index >= 15 is 0 Å². The van der Waals surface area contributed by atoms with E-state index in [-0.39, 0.29) is 16.6 Å². The summed E-state index contributed by atoms with van der Waals surface area (Å²) < 4.78 is 39.7. The molecule has 1 fully saturated rings. The van der Waals surface area contributed by atoms with Crippen LogP contribution in [-0.2, 0) is 16.5 Å². The van der Waals surface area contributed by atoms with Crippen LogP contribution in [0, 0.1) is 0 Å². The summed E-state index contributed by atoms with van der Waals surface area (Å²) >= 11 is 5.92. The minimum atomic E-state index is -4.49. The third kappa shape index (κ3) is 3.18. The standard InChI is InChI=1S/C16H16ClF3N4O/c1-21-11-8-22-24(9-11)15(5-2-6-15)14(25)23-13-4-3-10(7-12(13)17)16(18,19)20/h3-4,7-9,21H,2,5-6H2,1H3,(H,23,25). The normalized spacial score (nSPS) is 16.2. The molecule has 0 spiro atoms. The smallest absolute Gasteiger partial charge is 0.386 e. The molecule has 9 heteroatoms. The number of rotatable bonds is 4. The van der Waals surface area contributed by atoms with Crippen LogP contribution in [0.3, 0.4) is 0 Å². The summed E-state index contributed by atoms with van der Waals surface area (Å²) in [6, 6.07) is 2.86. The number of aromatic nitrogens is 2. The fourth-order valence-electron chi connectivity index (χ4n) is 2.79. The molecule has 5 nitrogen and oxygen atoms in total. The van der Waals surface area contributed by atoms with E-state index in [1.165, 1.54) is 0 Å². The number of hydrogen-bond acceptors (Lipinski definition) is 3. The molecule has 1 amide bonds. The molecule has 0 radical (unpaired) electrons. The number of hydrogen-bond donors (Lipinski definition) is 2. The quantitative estimate of drug-likeness (QED) is 0.849. The van der Waals surface area contributed by atoms with Crippen LogP contribution < -0.4 is 10.6 Å². The third-order valence-electron chi connectivity index (χ3n) is 4.46. The van der Waals surface area contributed by atoms with Crippen LogP contribution in [0.2, 0.25) is 5.02 Å². The fraction of sp³-hybridized carbons (Fsp3) is 0.375. The Morgan fingerprint density at radius 3 is 2.56 bits per heavy atom. The molecular formula is C16H16ClF3N4O. The predicted octanol–water partition coefficient (Wildman–Crippen LogP) is 4.11. The maximum absolute atomic E-state index is 12.8. The van der Waals surface area contributed by atoms with Crippen LogP contribution in [-0.4, -0.2) is 22.7 Å². The second kappa shape index (κ2) is 6.25. The number of nitrogens with one attached hydrogen (secondary N) is 2. The van der Waals surface area contributed by atoms with Gasteiger partial charge in [0.05, 0.1) is 28.2 Å². The van der Waals surface area contributed by atoms with E-state index in [1.807, 2.05) is 0 Å². The monoisotopic (exact) mass is 372 g/mol. The van der Waals surface area contributed by atoms with Crippen LogP contribution in [0.1, 0.15) is 24.8 Å². The van der Waals surface area contributed by atoms with E-state index in [9.17, 15) is 18.0 Å². The van der Waals surface area contributed by atoms with E-state index < -0.39 is 17.3 Å². The summed E-state index contributed by atoms with van der Waals surface area (Å²) in [4.78, 5) is 12.8. The van der Waals surface area contributed by atoms with Gasteiger partial charge in [0, 0.05) is 13.2 Å². The highest BCUT2D eigenvalue weighted by molar-refractivity contribution is 6.33. The predicted molar refractivity (Wildman–Crippen MR) is 88.7 cm³/mol. The number of anilines is 2. The highest BCUT2D eigenvalue weighted by Crippen LogP contribution is 2.41. The molecule has 3 rings (SSSR count). The molecule has 1 aromatic heterocycles. The van der Waals surface area contributed by atoms with Gasteiger partial charge in [-0.2, -0.15) is 18.3 Å². The lowest BCUT2D eigenvalue weighted by molar-refractivity contribution is -0.137. The Balaban J connectivity index is 1.83. The first-order valence-corrected chi connectivity index (χ1v) is 8.05. The van der Waals surface area contributed by atoms with Crippen LogP contribution in [0.4, 0.5) is 24.5 Å². The van der Waals surface area contributed by atoms with E-state index in [0.29, 0.717) is 12.8 Å². The Hall–Kier alpha value is -2.22. The third-order valence-corrected chi connectivity index (χ3v) is 4.77. The molecule has 2 aromatic rings. The van der Waals surface area contributed by atoms with Crippen molar-refractivity contribution in [3.63, 3.8) is 0 Å². The molecule has 0 atom stereocenters. The van der Waals surface area contributed by atoms with Gasteiger partial charge in [0.15, 0.2) is 0 Å². The lowest BCUT2D eigenvalue weighted by Gasteiger charge is -2.40. The summed E-state index contributed by atoms with van der Waals surface area (Å²) in [6.07, 6.45) is 0.915. The van der Waals surface area contributed by atoms with Crippen LogP contribution in [0.15, 0.2) is 30.6 Å². The fourth-order valence-corrected chi connectivity index (χ4v) is 3.02. The zero-order chi connectivity index (χ0) is 18.2. The van der Waals surface area contributed by atoms with Crippen molar-refractivity contribution in [3.8, 4) is 0 Å². The lowest BCUT2D eigenvalue weighted by atomic mass is 9.76. The molecular weight excluding hydrogens is 357 g/mol. The molecule has 25 heavy (non-hydrogen) atoms. The van der Waals surface area contributed by atoms with Crippen molar-refractivity contribution in [1.82, 2.24) is 9.78 Å². The molecule has 0 saturated heterocycles. The zero-order valence-corrected chi connectivity index (χ0v) is 14.1. The Bertz CT molecular complexity index is 799. The molecule has 0 unspecified atom stereocenters. The van der Waals surface area contributed by atoms with Crippen molar-refractivity contribution in [2.45, 2.75) is 31.0 Å². The Kier molecular flexibility index (Phi) is 4.40. The van der Waals surface area contributed by atoms with Crippen molar-refractivity contribution < 1.29 is 18.0 Å². The van der Waals surface area contributed by atoms with Gasteiger partial charge in [-0.05, 0) is 37.5 Å². The molecule has 0 bridgehead atoms. The highest BCUT2D eigenvalue weighted by Gasteiger charge is 2.47. The molecule has 1 heterocycles. The number of carbonyl (C=O) groups excluding carboxylic acids is 1. The second-order valence-electron chi connectivity index (χ2n) is 5.96. The largest absolute Gasteiger partial charge is 0.416 e. The van der Waals surface area contributed by atoms with Gasteiger partial charge in [-0.15, -0.1) is 0 Å². The number of alkyl halides is 3. The van der Waals surface area contributed by atoms with Crippen molar-refractivity contribution in [3.05, 3.63) is 41.2 Å². The first kappa shape index (κ1) is 17.6. The van der Waals surface area contributed by atoms with Crippen LogP contribution in [0.5, 0.6) is 0 Å². The van der Waals surface area contributed by atoms with Gasteiger partial charge in [-0.25, -0.2) is 0 Å². The number of halogens is 4. The summed E-state index contributed by atoms with van der Waals surface area (Å²) in [6.45, 7) is 0. The van der Waals surface area contributed by atoms with Gasteiger partial charge in [0.25, 0.3) is 5.91 Å². The summed E-state index contributed by atoms with van der Waals surface area (Å²) in [7, 11) is 1.75. The van der Waals surface area contributed by atoms with Gasteiger partial charge in [-0.3, -0.25) is 9.48 Å². The van der Waals surface area contributed by atoms with Gasteiger partial charge in [-0.1, -0.05) is 11.6 Å². The Morgan fingerprint density at radius 1 is 1.36 bits per heavy atom. The van der Waals surface area contributed by atoms with Crippen molar-refractivity contribution in [1.29, 1.82) is 0 Å². The van der Waals surface area contributed by atoms with E-state index in [2.05, 4.69) is 15.7 Å². The molecule has 0 aliphatic heterocycles. The second-order valence-corrected chi connectivity index (χ2v) is 6.36.